The van der Waals surface area contributed by atoms with Gasteiger partial charge in [0.05, 0.1) is 18.0 Å². The summed E-state index contributed by atoms with van der Waals surface area (Å²) in [6, 6.07) is 2.24. The number of hydrogen-bond donors (Lipinski definition) is 0. The first-order valence-electron chi connectivity index (χ1n) is 9.11. The van der Waals surface area contributed by atoms with E-state index >= 15 is 0 Å². The highest BCUT2D eigenvalue weighted by molar-refractivity contribution is 5.68. The molecule has 24 heavy (non-hydrogen) atoms. The van der Waals surface area contributed by atoms with Gasteiger partial charge in [-0.25, -0.2) is 0 Å². The number of ether oxygens (including phenoxy) is 1. The average molecular weight is 330 g/mol. The number of hydrogen-bond acceptors (Lipinski definition) is 6. The van der Waals surface area contributed by atoms with Crippen LogP contribution in [-0.2, 0) is 4.74 Å². The van der Waals surface area contributed by atoms with Gasteiger partial charge in [0, 0.05) is 45.2 Å². The highest BCUT2D eigenvalue weighted by Gasteiger charge is 2.28. The van der Waals surface area contributed by atoms with Gasteiger partial charge in [0.2, 0.25) is 5.65 Å². The van der Waals surface area contributed by atoms with Gasteiger partial charge >= 0.3 is 0 Å². The van der Waals surface area contributed by atoms with E-state index in [-0.39, 0.29) is 0 Å². The molecule has 0 amide bonds. The van der Waals surface area contributed by atoms with Gasteiger partial charge in [-0.15, -0.1) is 10.2 Å². The molecule has 130 valence electrons. The second-order valence-corrected chi connectivity index (χ2v) is 6.77. The summed E-state index contributed by atoms with van der Waals surface area (Å²) < 4.78 is 7.45. The second kappa shape index (κ2) is 7.03. The Hall–Kier alpha value is -1.73. The summed E-state index contributed by atoms with van der Waals surface area (Å²) in [5.41, 5.74) is 3.25. The van der Waals surface area contributed by atoms with Crippen LogP contribution in [0.5, 0.6) is 0 Å². The van der Waals surface area contributed by atoms with Crippen molar-refractivity contribution < 1.29 is 4.74 Å². The predicted octanol–water partition coefficient (Wildman–Crippen LogP) is 1.55. The molecule has 0 radical (unpaired) electrons. The zero-order valence-electron chi connectivity index (χ0n) is 14.4. The first-order chi connectivity index (χ1) is 11.8. The molecule has 0 N–H and O–H groups in total. The fourth-order valence-corrected chi connectivity index (χ4v) is 3.29. The molecule has 2 fully saturated rings. The van der Waals surface area contributed by atoms with E-state index < -0.39 is 0 Å². The van der Waals surface area contributed by atoms with Gasteiger partial charge in [-0.2, -0.15) is 9.61 Å². The summed E-state index contributed by atoms with van der Waals surface area (Å²) in [4.78, 5) is 4.91. The molecular formula is C17H26N6O. The standard InChI is InChI=1S/C17H26N6O/c1-2-10-24-11-9-21-5-7-22(8-6-21)16-12-15(14-3-4-14)20-23-13-18-19-17(16)23/h12-14H,2-11H2,1H3. The van der Waals surface area contributed by atoms with E-state index in [0.29, 0.717) is 5.92 Å². The summed E-state index contributed by atoms with van der Waals surface area (Å²) in [5.74, 6) is 0.632. The van der Waals surface area contributed by atoms with Crippen molar-refractivity contribution in [3.8, 4) is 0 Å². The molecule has 0 bridgehead atoms. The SMILES string of the molecule is CCCOCCN1CCN(c2cc(C3CC3)nn3cnnc23)CC1. The summed E-state index contributed by atoms with van der Waals surface area (Å²) in [5, 5.41) is 13.0. The summed E-state index contributed by atoms with van der Waals surface area (Å²) in [6.07, 6.45) is 5.32. The predicted molar refractivity (Wildman–Crippen MR) is 92.5 cm³/mol. The van der Waals surface area contributed by atoms with Crippen molar-refractivity contribution in [3.05, 3.63) is 18.1 Å². The molecule has 3 heterocycles. The second-order valence-electron chi connectivity index (χ2n) is 6.77. The van der Waals surface area contributed by atoms with Crippen molar-refractivity contribution in [2.24, 2.45) is 0 Å². The van der Waals surface area contributed by atoms with Gasteiger partial charge in [0.25, 0.3) is 0 Å². The molecule has 0 unspecified atom stereocenters. The van der Waals surface area contributed by atoms with E-state index in [0.717, 1.165) is 58.0 Å². The molecule has 2 aliphatic rings. The Morgan fingerprint density at radius 2 is 2.00 bits per heavy atom. The molecule has 2 aromatic heterocycles. The van der Waals surface area contributed by atoms with Crippen LogP contribution in [-0.4, -0.2) is 70.6 Å². The molecule has 2 aromatic rings. The van der Waals surface area contributed by atoms with Gasteiger partial charge in [-0.05, 0) is 25.3 Å². The molecule has 7 heteroatoms. The van der Waals surface area contributed by atoms with Crippen molar-refractivity contribution in [1.82, 2.24) is 24.7 Å². The molecule has 0 atom stereocenters. The van der Waals surface area contributed by atoms with Crippen molar-refractivity contribution in [3.63, 3.8) is 0 Å². The Balaban J connectivity index is 1.42. The van der Waals surface area contributed by atoms with E-state index in [1.807, 2.05) is 4.52 Å². The molecule has 1 aliphatic heterocycles. The zero-order valence-corrected chi connectivity index (χ0v) is 14.4. The maximum Gasteiger partial charge on any atom is 0.200 e. The van der Waals surface area contributed by atoms with Crippen LogP contribution >= 0.6 is 0 Å². The minimum Gasteiger partial charge on any atom is -0.380 e. The third-order valence-corrected chi connectivity index (χ3v) is 4.88. The number of aromatic nitrogens is 4. The number of nitrogens with zero attached hydrogens (tertiary/aromatic N) is 6. The Morgan fingerprint density at radius 1 is 1.17 bits per heavy atom. The van der Waals surface area contributed by atoms with E-state index in [1.54, 1.807) is 6.33 Å². The van der Waals surface area contributed by atoms with Crippen LogP contribution in [0.15, 0.2) is 12.4 Å². The van der Waals surface area contributed by atoms with E-state index in [9.17, 15) is 0 Å². The van der Waals surface area contributed by atoms with Crippen LogP contribution < -0.4 is 4.90 Å². The number of rotatable bonds is 7. The van der Waals surface area contributed by atoms with Gasteiger partial charge in [-0.1, -0.05) is 6.92 Å². The smallest absolute Gasteiger partial charge is 0.200 e. The van der Waals surface area contributed by atoms with Crippen molar-refractivity contribution in [1.29, 1.82) is 0 Å². The largest absolute Gasteiger partial charge is 0.380 e. The van der Waals surface area contributed by atoms with E-state index in [1.165, 1.54) is 24.2 Å². The highest BCUT2D eigenvalue weighted by Crippen LogP contribution is 2.40. The van der Waals surface area contributed by atoms with Crippen molar-refractivity contribution >= 4 is 11.3 Å². The normalized spacial score (nSPS) is 19.3. The quantitative estimate of drug-likeness (QED) is 0.718. The third-order valence-electron chi connectivity index (χ3n) is 4.88. The Kier molecular flexibility index (Phi) is 4.62. The summed E-state index contributed by atoms with van der Waals surface area (Å²) in [7, 11) is 0. The topological polar surface area (TPSA) is 58.8 Å². The highest BCUT2D eigenvalue weighted by atomic mass is 16.5. The van der Waals surface area contributed by atoms with Crippen LogP contribution in [0.3, 0.4) is 0 Å². The molecule has 1 aliphatic carbocycles. The van der Waals surface area contributed by atoms with Gasteiger partial charge in [0.1, 0.15) is 6.33 Å². The maximum atomic E-state index is 5.61. The lowest BCUT2D eigenvalue weighted by Gasteiger charge is -2.36. The lowest BCUT2D eigenvalue weighted by molar-refractivity contribution is 0.102. The van der Waals surface area contributed by atoms with Crippen LogP contribution in [0.4, 0.5) is 5.69 Å². The maximum absolute atomic E-state index is 5.61. The van der Waals surface area contributed by atoms with Crippen molar-refractivity contribution in [2.45, 2.75) is 32.1 Å². The van der Waals surface area contributed by atoms with Gasteiger partial charge < -0.3 is 9.64 Å². The third kappa shape index (κ3) is 3.37. The molecule has 0 spiro atoms. The first kappa shape index (κ1) is 15.8. The molecule has 1 saturated carbocycles. The van der Waals surface area contributed by atoms with Crippen LogP contribution in [0.25, 0.3) is 5.65 Å². The first-order valence-corrected chi connectivity index (χ1v) is 9.11. The summed E-state index contributed by atoms with van der Waals surface area (Å²) in [6.45, 7) is 9.05. The van der Waals surface area contributed by atoms with Crippen LogP contribution in [0.2, 0.25) is 0 Å². The van der Waals surface area contributed by atoms with Crippen LogP contribution in [0, 0.1) is 0 Å². The molecule has 4 rings (SSSR count). The van der Waals surface area contributed by atoms with Crippen LogP contribution in [0.1, 0.15) is 37.8 Å². The lowest BCUT2D eigenvalue weighted by atomic mass is 10.2. The molecular weight excluding hydrogens is 304 g/mol. The number of piperazine rings is 1. The fraction of sp³-hybridized carbons (Fsp3) is 0.706. The zero-order chi connectivity index (χ0) is 16.4. The Bertz CT molecular complexity index is 675. The Morgan fingerprint density at radius 3 is 2.75 bits per heavy atom. The van der Waals surface area contributed by atoms with Gasteiger partial charge in [-0.3, -0.25) is 4.90 Å². The monoisotopic (exact) mass is 330 g/mol. The van der Waals surface area contributed by atoms with Gasteiger partial charge in [0.15, 0.2) is 0 Å². The Labute approximate surface area is 142 Å². The molecule has 0 aromatic carbocycles. The van der Waals surface area contributed by atoms with E-state index in [2.05, 4.69) is 38.1 Å². The van der Waals surface area contributed by atoms with Crippen molar-refractivity contribution in [2.75, 3.05) is 50.8 Å². The lowest BCUT2D eigenvalue weighted by Crippen LogP contribution is -2.47. The summed E-state index contributed by atoms with van der Waals surface area (Å²) >= 11 is 0. The average Bonchev–Trinajstić information content (AvgIpc) is 3.36. The molecule has 1 saturated heterocycles. The van der Waals surface area contributed by atoms with E-state index in [4.69, 9.17) is 4.74 Å². The number of anilines is 1. The fourth-order valence-electron chi connectivity index (χ4n) is 3.29. The molecule has 7 nitrogen and oxygen atoms in total. The minimum absolute atomic E-state index is 0.632. The minimum atomic E-state index is 0.632. The number of fused-ring (bicyclic) bond motifs is 1.